The lowest BCUT2D eigenvalue weighted by Crippen LogP contribution is -2.14. The Morgan fingerprint density at radius 3 is 3.00 bits per heavy atom. The molecule has 1 aromatic carbocycles. The predicted octanol–water partition coefficient (Wildman–Crippen LogP) is 2.46. The summed E-state index contributed by atoms with van der Waals surface area (Å²) >= 11 is 6.84. The molecule has 0 spiro atoms. The molecule has 3 rings (SSSR count). The van der Waals surface area contributed by atoms with Crippen LogP contribution < -0.4 is 11.1 Å². The Labute approximate surface area is 138 Å². The summed E-state index contributed by atoms with van der Waals surface area (Å²) in [6.45, 7) is 0. The largest absolute Gasteiger partial charge is 0.382 e. The quantitative estimate of drug-likeness (QED) is 0.622. The van der Waals surface area contributed by atoms with Crippen molar-refractivity contribution in [2.45, 2.75) is 5.16 Å². The highest BCUT2D eigenvalue weighted by atomic mass is 35.5. The van der Waals surface area contributed by atoms with Crippen molar-refractivity contribution in [2.75, 3.05) is 16.8 Å². The first-order chi connectivity index (χ1) is 11.0. The molecule has 0 bridgehead atoms. The Kier molecular flexibility index (Phi) is 4.30. The summed E-state index contributed by atoms with van der Waals surface area (Å²) in [6.07, 6.45) is 1.32. The summed E-state index contributed by atoms with van der Waals surface area (Å²) in [6, 6.07) is 3.96. The number of nitrogen functional groups attached to an aromatic ring is 1. The zero-order valence-corrected chi connectivity index (χ0v) is 13.1. The van der Waals surface area contributed by atoms with Crippen LogP contribution >= 0.6 is 23.4 Å². The second-order valence-corrected chi connectivity index (χ2v) is 5.84. The van der Waals surface area contributed by atoms with Crippen molar-refractivity contribution < 1.29 is 9.18 Å². The number of carbonyl (C=O) groups is 1. The average molecular weight is 353 g/mol. The third kappa shape index (κ3) is 3.51. The van der Waals surface area contributed by atoms with E-state index < -0.39 is 5.82 Å². The molecule has 2 aromatic heterocycles. The number of hydrogen-bond donors (Lipinski definition) is 3. The second-order valence-electron chi connectivity index (χ2n) is 4.47. The predicted molar refractivity (Wildman–Crippen MR) is 86.9 cm³/mol. The first-order valence-corrected chi connectivity index (χ1v) is 7.73. The summed E-state index contributed by atoms with van der Waals surface area (Å²) in [7, 11) is 0. The summed E-state index contributed by atoms with van der Waals surface area (Å²) < 4.78 is 13.1. The molecule has 0 aliphatic carbocycles. The number of nitrogens with one attached hydrogen (secondary N) is 2. The van der Waals surface area contributed by atoms with E-state index in [0.717, 1.165) is 0 Å². The fourth-order valence-corrected chi connectivity index (χ4v) is 2.64. The minimum absolute atomic E-state index is 0.0539. The van der Waals surface area contributed by atoms with Crippen molar-refractivity contribution in [2.24, 2.45) is 0 Å². The molecule has 7 nitrogen and oxygen atoms in total. The lowest BCUT2D eigenvalue weighted by atomic mass is 10.3. The number of thioether (sulfide) groups is 1. The highest BCUT2D eigenvalue weighted by molar-refractivity contribution is 7.99. The molecular weight excluding hydrogens is 343 g/mol. The Balaban J connectivity index is 1.63. The van der Waals surface area contributed by atoms with Crippen molar-refractivity contribution in [3.8, 4) is 0 Å². The molecule has 2 heterocycles. The Hall–Kier alpha value is -2.39. The van der Waals surface area contributed by atoms with Gasteiger partial charge in [0.1, 0.15) is 17.7 Å². The van der Waals surface area contributed by atoms with Crippen molar-refractivity contribution in [1.82, 2.24) is 19.9 Å². The number of imidazole rings is 1. The van der Waals surface area contributed by atoms with Crippen LogP contribution in [-0.2, 0) is 4.79 Å². The van der Waals surface area contributed by atoms with E-state index in [1.807, 2.05) is 0 Å². The minimum atomic E-state index is -0.542. The van der Waals surface area contributed by atoms with Gasteiger partial charge in [0, 0.05) is 5.69 Å². The summed E-state index contributed by atoms with van der Waals surface area (Å²) in [4.78, 5) is 26.9. The molecular formula is C13H10ClFN6OS. The molecule has 118 valence electrons. The SMILES string of the molecule is Nc1ncnc2nc(SCC(=O)Nc3ccc(F)c(Cl)c3)[nH]c12. The van der Waals surface area contributed by atoms with Crippen LogP contribution in [0.1, 0.15) is 0 Å². The third-order valence-corrected chi connectivity index (χ3v) is 4.00. The highest BCUT2D eigenvalue weighted by Crippen LogP contribution is 2.22. The van der Waals surface area contributed by atoms with Gasteiger partial charge in [-0.3, -0.25) is 4.79 Å². The second kappa shape index (κ2) is 6.39. The van der Waals surface area contributed by atoms with E-state index in [0.29, 0.717) is 27.8 Å². The number of carbonyl (C=O) groups excluding carboxylic acids is 1. The van der Waals surface area contributed by atoms with E-state index in [1.54, 1.807) is 0 Å². The van der Waals surface area contributed by atoms with Crippen LogP contribution in [0.5, 0.6) is 0 Å². The number of hydrogen-bond acceptors (Lipinski definition) is 6. The van der Waals surface area contributed by atoms with E-state index in [-0.39, 0.29) is 16.7 Å². The lowest BCUT2D eigenvalue weighted by Gasteiger charge is -2.05. The van der Waals surface area contributed by atoms with Crippen LogP contribution in [0, 0.1) is 5.82 Å². The molecule has 0 aliphatic rings. The standard InChI is InChI=1S/C13H10ClFN6OS/c14-7-3-6(1-2-8(7)15)19-9(22)4-23-13-20-10-11(16)17-5-18-12(10)21-13/h1-3,5H,4H2,(H,19,22)(H3,16,17,18,20,21). The van der Waals surface area contributed by atoms with Crippen LogP contribution in [0.4, 0.5) is 15.9 Å². The number of aromatic nitrogens is 4. The maximum atomic E-state index is 13.1. The Bertz CT molecular complexity index is 886. The van der Waals surface area contributed by atoms with Gasteiger partial charge in [0.05, 0.1) is 10.8 Å². The number of aromatic amines is 1. The molecule has 0 saturated carbocycles. The van der Waals surface area contributed by atoms with Crippen molar-refractivity contribution >= 4 is 51.9 Å². The number of halogens is 2. The number of rotatable bonds is 4. The number of fused-ring (bicyclic) bond motifs is 1. The van der Waals surface area contributed by atoms with Gasteiger partial charge in [-0.1, -0.05) is 23.4 Å². The average Bonchev–Trinajstić information content (AvgIpc) is 2.94. The minimum Gasteiger partial charge on any atom is -0.382 e. The van der Waals surface area contributed by atoms with Crippen molar-refractivity contribution in [3.63, 3.8) is 0 Å². The summed E-state index contributed by atoms with van der Waals surface area (Å²) in [5.74, 6) is -0.431. The van der Waals surface area contributed by atoms with Gasteiger partial charge >= 0.3 is 0 Å². The van der Waals surface area contributed by atoms with Crippen LogP contribution in [0.25, 0.3) is 11.2 Å². The van der Waals surface area contributed by atoms with E-state index in [9.17, 15) is 9.18 Å². The van der Waals surface area contributed by atoms with E-state index in [4.69, 9.17) is 17.3 Å². The smallest absolute Gasteiger partial charge is 0.234 e. The molecule has 0 saturated heterocycles. The van der Waals surface area contributed by atoms with Crippen LogP contribution in [-0.4, -0.2) is 31.6 Å². The number of H-pyrrole nitrogens is 1. The molecule has 10 heteroatoms. The van der Waals surface area contributed by atoms with E-state index in [2.05, 4.69) is 25.3 Å². The van der Waals surface area contributed by atoms with Gasteiger partial charge < -0.3 is 16.0 Å². The molecule has 0 radical (unpaired) electrons. The van der Waals surface area contributed by atoms with Gasteiger partial charge in [-0.05, 0) is 18.2 Å². The monoisotopic (exact) mass is 352 g/mol. The molecule has 23 heavy (non-hydrogen) atoms. The molecule has 0 fully saturated rings. The zero-order chi connectivity index (χ0) is 16.4. The van der Waals surface area contributed by atoms with Crippen LogP contribution in [0.15, 0.2) is 29.7 Å². The number of nitrogens with zero attached hydrogens (tertiary/aromatic N) is 3. The molecule has 0 atom stereocenters. The maximum absolute atomic E-state index is 13.1. The van der Waals surface area contributed by atoms with Crippen LogP contribution in [0.2, 0.25) is 5.02 Å². The van der Waals surface area contributed by atoms with E-state index >= 15 is 0 Å². The Morgan fingerprint density at radius 1 is 1.43 bits per heavy atom. The van der Waals surface area contributed by atoms with Gasteiger partial charge in [0.15, 0.2) is 16.6 Å². The maximum Gasteiger partial charge on any atom is 0.234 e. The molecule has 3 aromatic rings. The number of anilines is 2. The molecule has 0 aliphatic heterocycles. The topological polar surface area (TPSA) is 110 Å². The molecule has 4 N–H and O–H groups in total. The van der Waals surface area contributed by atoms with Gasteiger partial charge in [-0.25, -0.2) is 19.3 Å². The lowest BCUT2D eigenvalue weighted by molar-refractivity contribution is -0.113. The van der Waals surface area contributed by atoms with Crippen LogP contribution in [0.3, 0.4) is 0 Å². The normalized spacial score (nSPS) is 10.9. The fraction of sp³-hybridized carbons (Fsp3) is 0.0769. The van der Waals surface area contributed by atoms with Gasteiger partial charge in [-0.2, -0.15) is 0 Å². The summed E-state index contributed by atoms with van der Waals surface area (Å²) in [5.41, 5.74) is 7.08. The van der Waals surface area contributed by atoms with Gasteiger partial charge in [0.2, 0.25) is 5.91 Å². The number of amides is 1. The van der Waals surface area contributed by atoms with E-state index in [1.165, 1.54) is 36.3 Å². The first-order valence-electron chi connectivity index (χ1n) is 6.37. The highest BCUT2D eigenvalue weighted by Gasteiger charge is 2.10. The third-order valence-electron chi connectivity index (χ3n) is 2.84. The zero-order valence-electron chi connectivity index (χ0n) is 11.5. The molecule has 0 unspecified atom stereocenters. The van der Waals surface area contributed by atoms with Crippen molar-refractivity contribution in [1.29, 1.82) is 0 Å². The molecule has 1 amide bonds. The Morgan fingerprint density at radius 2 is 2.26 bits per heavy atom. The fourth-order valence-electron chi connectivity index (χ4n) is 1.80. The van der Waals surface area contributed by atoms with Gasteiger partial charge in [-0.15, -0.1) is 0 Å². The number of benzene rings is 1. The number of nitrogens with two attached hydrogens (primary N) is 1. The first kappa shape index (κ1) is 15.5. The van der Waals surface area contributed by atoms with Crippen molar-refractivity contribution in [3.05, 3.63) is 35.4 Å². The van der Waals surface area contributed by atoms with Gasteiger partial charge in [0.25, 0.3) is 0 Å². The summed E-state index contributed by atoms with van der Waals surface area (Å²) in [5, 5.41) is 3.07.